The van der Waals surface area contributed by atoms with E-state index in [4.69, 9.17) is 16.3 Å². The monoisotopic (exact) mass is 386 g/mol. The van der Waals surface area contributed by atoms with Gasteiger partial charge in [0, 0.05) is 27.1 Å². The van der Waals surface area contributed by atoms with Gasteiger partial charge in [0.15, 0.2) is 11.5 Å². The standard InChI is InChI=1S/C18H19ClN6O2/c1-24-18-12(8-20-24)17(22-15(23-18)10-27-2)21-11-7-16(26)25(9-11)14-6-4-3-5-13(14)19/h3-6,8,11H,7,9-10H2,1-2H3,(H,21,22,23)/t11-/m1/s1. The lowest BCUT2D eigenvalue weighted by atomic mass is 10.2. The van der Waals surface area contributed by atoms with Crippen LogP contribution in [0, 0.1) is 0 Å². The molecule has 3 aromatic rings. The van der Waals surface area contributed by atoms with Crippen LogP contribution in [0.1, 0.15) is 12.2 Å². The number of halogens is 1. The molecule has 1 saturated heterocycles. The number of nitrogens with one attached hydrogen (secondary N) is 1. The highest BCUT2D eigenvalue weighted by atomic mass is 35.5. The van der Waals surface area contributed by atoms with E-state index in [1.54, 1.807) is 29.0 Å². The van der Waals surface area contributed by atoms with E-state index in [1.807, 2.05) is 25.2 Å². The van der Waals surface area contributed by atoms with Crippen LogP contribution >= 0.6 is 11.6 Å². The van der Waals surface area contributed by atoms with Crippen molar-refractivity contribution in [1.29, 1.82) is 0 Å². The van der Waals surface area contributed by atoms with Crippen LogP contribution in [0.15, 0.2) is 30.5 Å². The van der Waals surface area contributed by atoms with Gasteiger partial charge in [0.05, 0.1) is 28.3 Å². The second-order valence-electron chi connectivity index (χ2n) is 6.43. The Morgan fingerprint density at radius 3 is 2.93 bits per heavy atom. The molecular weight excluding hydrogens is 368 g/mol. The summed E-state index contributed by atoms with van der Waals surface area (Å²) >= 11 is 6.25. The Hall–Kier alpha value is -2.71. The Balaban J connectivity index is 1.61. The largest absolute Gasteiger partial charge is 0.377 e. The van der Waals surface area contributed by atoms with Crippen LogP contribution in [0.4, 0.5) is 11.5 Å². The zero-order chi connectivity index (χ0) is 19.0. The summed E-state index contributed by atoms with van der Waals surface area (Å²) in [4.78, 5) is 23.3. The Morgan fingerprint density at radius 2 is 2.15 bits per heavy atom. The number of carbonyl (C=O) groups excluding carboxylic acids is 1. The van der Waals surface area contributed by atoms with Crippen LogP contribution in [-0.2, 0) is 23.2 Å². The van der Waals surface area contributed by atoms with Crippen molar-refractivity contribution >= 4 is 40.0 Å². The number of anilines is 2. The molecule has 0 saturated carbocycles. The number of amides is 1. The molecule has 0 bridgehead atoms. The second-order valence-corrected chi connectivity index (χ2v) is 6.84. The van der Waals surface area contributed by atoms with Crippen LogP contribution in [0.5, 0.6) is 0 Å². The van der Waals surface area contributed by atoms with Crippen molar-refractivity contribution in [2.45, 2.75) is 19.1 Å². The van der Waals surface area contributed by atoms with Gasteiger partial charge < -0.3 is 15.0 Å². The first-order valence-corrected chi connectivity index (χ1v) is 8.93. The molecule has 1 aliphatic rings. The average molecular weight is 387 g/mol. The first-order chi connectivity index (χ1) is 13.1. The van der Waals surface area contributed by atoms with E-state index in [9.17, 15) is 4.79 Å². The fourth-order valence-corrected chi connectivity index (χ4v) is 3.51. The molecular formula is C18H19ClN6O2. The lowest BCUT2D eigenvalue weighted by Crippen LogP contribution is -2.28. The summed E-state index contributed by atoms with van der Waals surface area (Å²) in [6.07, 6.45) is 2.08. The third-order valence-electron chi connectivity index (χ3n) is 4.52. The number of hydrogen-bond donors (Lipinski definition) is 1. The van der Waals surface area contributed by atoms with Gasteiger partial charge in [-0.05, 0) is 12.1 Å². The third kappa shape index (κ3) is 3.33. The van der Waals surface area contributed by atoms with E-state index in [-0.39, 0.29) is 11.9 Å². The summed E-state index contributed by atoms with van der Waals surface area (Å²) in [7, 11) is 3.43. The number of rotatable bonds is 5. The van der Waals surface area contributed by atoms with Crippen LogP contribution in [0.3, 0.4) is 0 Å². The lowest BCUT2D eigenvalue weighted by Gasteiger charge is -2.19. The van der Waals surface area contributed by atoms with Gasteiger partial charge in [-0.2, -0.15) is 5.10 Å². The summed E-state index contributed by atoms with van der Waals surface area (Å²) in [5, 5.41) is 9.01. The van der Waals surface area contributed by atoms with Crippen molar-refractivity contribution < 1.29 is 9.53 Å². The zero-order valence-electron chi connectivity index (χ0n) is 15.0. The maximum atomic E-state index is 12.5. The molecule has 1 amide bonds. The SMILES string of the molecule is COCc1nc(N[C@@H]2CC(=O)N(c3ccccc3Cl)C2)c2cnn(C)c2n1. The predicted octanol–water partition coefficient (Wildman–Crippen LogP) is 2.38. The van der Waals surface area contributed by atoms with Crippen molar-refractivity contribution in [2.24, 2.45) is 7.05 Å². The number of hydrogen-bond acceptors (Lipinski definition) is 6. The van der Waals surface area contributed by atoms with Gasteiger partial charge >= 0.3 is 0 Å². The van der Waals surface area contributed by atoms with Gasteiger partial charge in [-0.1, -0.05) is 23.7 Å². The highest BCUT2D eigenvalue weighted by Gasteiger charge is 2.32. The molecule has 9 heteroatoms. The molecule has 1 fully saturated rings. The van der Waals surface area contributed by atoms with Crippen LogP contribution < -0.4 is 10.2 Å². The van der Waals surface area contributed by atoms with Crippen molar-refractivity contribution in [3.05, 3.63) is 41.3 Å². The van der Waals surface area contributed by atoms with E-state index in [2.05, 4.69) is 20.4 Å². The van der Waals surface area contributed by atoms with E-state index in [1.165, 1.54) is 0 Å². The Morgan fingerprint density at radius 1 is 1.33 bits per heavy atom. The summed E-state index contributed by atoms with van der Waals surface area (Å²) in [5.74, 6) is 1.23. The zero-order valence-corrected chi connectivity index (χ0v) is 15.8. The number of aromatic nitrogens is 4. The number of fused-ring (bicyclic) bond motifs is 1. The van der Waals surface area contributed by atoms with Crippen molar-refractivity contribution in [3.8, 4) is 0 Å². The summed E-state index contributed by atoms with van der Waals surface area (Å²) in [5.41, 5.74) is 1.44. The molecule has 0 spiro atoms. The molecule has 3 heterocycles. The highest BCUT2D eigenvalue weighted by Crippen LogP contribution is 2.30. The molecule has 0 unspecified atom stereocenters. The molecule has 2 aromatic heterocycles. The molecule has 0 aliphatic carbocycles. The number of carbonyl (C=O) groups is 1. The molecule has 27 heavy (non-hydrogen) atoms. The van der Waals surface area contributed by atoms with Crippen molar-refractivity contribution in [1.82, 2.24) is 19.7 Å². The van der Waals surface area contributed by atoms with Crippen molar-refractivity contribution in [3.63, 3.8) is 0 Å². The maximum Gasteiger partial charge on any atom is 0.229 e. The second kappa shape index (κ2) is 7.13. The number of nitrogens with zero attached hydrogens (tertiary/aromatic N) is 5. The Kier molecular flexibility index (Phi) is 4.67. The summed E-state index contributed by atoms with van der Waals surface area (Å²) in [6, 6.07) is 7.26. The first kappa shape index (κ1) is 17.7. The molecule has 1 aliphatic heterocycles. The number of aryl methyl sites for hydroxylation is 1. The Bertz CT molecular complexity index is 1000. The third-order valence-corrected chi connectivity index (χ3v) is 4.84. The molecule has 1 N–H and O–H groups in total. The Labute approximate surface area is 161 Å². The summed E-state index contributed by atoms with van der Waals surface area (Å²) < 4.78 is 6.86. The molecule has 1 atom stereocenters. The van der Waals surface area contributed by atoms with E-state index in [0.717, 1.165) is 11.1 Å². The van der Waals surface area contributed by atoms with Crippen LogP contribution in [0.2, 0.25) is 5.02 Å². The van der Waals surface area contributed by atoms with Gasteiger partial charge in [0.25, 0.3) is 0 Å². The number of benzene rings is 1. The van der Waals surface area contributed by atoms with E-state index < -0.39 is 0 Å². The normalized spacial score (nSPS) is 17.1. The van der Waals surface area contributed by atoms with Crippen LogP contribution in [0.25, 0.3) is 11.0 Å². The molecule has 140 valence electrons. The van der Waals surface area contributed by atoms with Gasteiger partial charge in [0.1, 0.15) is 12.4 Å². The van der Waals surface area contributed by atoms with Gasteiger partial charge in [0.2, 0.25) is 5.91 Å². The topological polar surface area (TPSA) is 85.2 Å². The maximum absolute atomic E-state index is 12.5. The number of para-hydroxylation sites is 1. The minimum atomic E-state index is -0.0949. The fourth-order valence-electron chi connectivity index (χ4n) is 3.27. The minimum absolute atomic E-state index is 0.0224. The van der Waals surface area contributed by atoms with Crippen molar-refractivity contribution in [2.75, 3.05) is 23.9 Å². The first-order valence-electron chi connectivity index (χ1n) is 8.56. The van der Waals surface area contributed by atoms with Gasteiger partial charge in [-0.15, -0.1) is 0 Å². The number of ether oxygens (including phenoxy) is 1. The highest BCUT2D eigenvalue weighted by molar-refractivity contribution is 6.33. The van der Waals surface area contributed by atoms with E-state index >= 15 is 0 Å². The van der Waals surface area contributed by atoms with Gasteiger partial charge in [-0.25, -0.2) is 9.97 Å². The van der Waals surface area contributed by atoms with Gasteiger partial charge in [-0.3, -0.25) is 9.48 Å². The molecule has 0 radical (unpaired) electrons. The average Bonchev–Trinajstić information content (AvgIpc) is 3.19. The quantitative estimate of drug-likeness (QED) is 0.724. The predicted molar refractivity (Wildman–Crippen MR) is 103 cm³/mol. The van der Waals surface area contributed by atoms with Crippen LogP contribution in [-0.4, -0.2) is 45.4 Å². The lowest BCUT2D eigenvalue weighted by molar-refractivity contribution is -0.117. The molecule has 8 nitrogen and oxygen atoms in total. The fraction of sp³-hybridized carbons (Fsp3) is 0.333. The summed E-state index contributed by atoms with van der Waals surface area (Å²) in [6.45, 7) is 0.805. The molecule has 1 aromatic carbocycles. The van der Waals surface area contributed by atoms with E-state index in [0.29, 0.717) is 41.9 Å². The molecule has 4 rings (SSSR count). The smallest absolute Gasteiger partial charge is 0.229 e. The number of methoxy groups -OCH3 is 1. The minimum Gasteiger partial charge on any atom is -0.377 e.